The van der Waals surface area contributed by atoms with Gasteiger partial charge >= 0.3 is 0 Å². The molecule has 0 aliphatic heterocycles. The second-order valence-electron chi connectivity index (χ2n) is 4.50. The van der Waals surface area contributed by atoms with Crippen LogP contribution in [0.4, 0.5) is 0 Å². The number of rotatable bonds is 7. The molecule has 0 bridgehead atoms. The first-order valence-electron chi connectivity index (χ1n) is 6.66. The van der Waals surface area contributed by atoms with Gasteiger partial charge in [0.15, 0.2) is 0 Å². The fourth-order valence-electron chi connectivity index (χ4n) is 1.91. The third kappa shape index (κ3) is 4.05. The predicted octanol–water partition coefficient (Wildman–Crippen LogP) is 2.78. The monoisotopic (exact) mass is 272 g/mol. The van der Waals surface area contributed by atoms with E-state index in [0.29, 0.717) is 0 Å². The highest BCUT2D eigenvalue weighted by molar-refractivity contribution is 5.36. The quantitative estimate of drug-likeness (QED) is 0.841. The molecule has 1 aromatic carbocycles. The average molecular weight is 272 g/mol. The second kappa shape index (κ2) is 7.62. The number of hydrogen-bond donors (Lipinski definition) is 1. The van der Waals surface area contributed by atoms with Gasteiger partial charge in [-0.05, 0) is 37.2 Å². The van der Waals surface area contributed by atoms with Crippen molar-refractivity contribution in [3.63, 3.8) is 0 Å². The van der Waals surface area contributed by atoms with E-state index in [1.54, 1.807) is 13.3 Å². The summed E-state index contributed by atoms with van der Waals surface area (Å²) >= 11 is 0. The van der Waals surface area contributed by atoms with Gasteiger partial charge in [-0.2, -0.15) is 0 Å². The van der Waals surface area contributed by atoms with E-state index in [4.69, 9.17) is 9.47 Å². The van der Waals surface area contributed by atoms with E-state index in [9.17, 15) is 0 Å². The molecule has 1 heterocycles. The van der Waals surface area contributed by atoms with Crippen LogP contribution in [0.2, 0.25) is 0 Å². The molecule has 1 aromatic heterocycles. The van der Waals surface area contributed by atoms with Crippen LogP contribution < -0.4 is 10.1 Å². The summed E-state index contributed by atoms with van der Waals surface area (Å²) in [5, 5.41) is 3.11. The van der Waals surface area contributed by atoms with Crippen LogP contribution in [0, 0.1) is 0 Å². The smallest absolute Gasteiger partial charge is 0.134 e. The van der Waals surface area contributed by atoms with Gasteiger partial charge in [-0.15, -0.1) is 0 Å². The Hall–Kier alpha value is -1.91. The maximum absolute atomic E-state index is 5.91. The molecular weight excluding hydrogens is 252 g/mol. The Bertz CT molecular complexity index is 526. The number of hydrogen-bond acceptors (Lipinski definition) is 4. The van der Waals surface area contributed by atoms with Crippen molar-refractivity contribution in [2.45, 2.75) is 13.0 Å². The van der Waals surface area contributed by atoms with Crippen molar-refractivity contribution in [2.24, 2.45) is 0 Å². The van der Waals surface area contributed by atoms with E-state index in [1.165, 1.54) is 5.56 Å². The number of nitrogens with one attached hydrogen (secondary N) is 1. The maximum Gasteiger partial charge on any atom is 0.134 e. The van der Waals surface area contributed by atoms with Gasteiger partial charge in [0.1, 0.15) is 11.5 Å². The van der Waals surface area contributed by atoms with Crippen LogP contribution in [-0.4, -0.2) is 25.7 Å². The minimum Gasteiger partial charge on any atom is -0.457 e. The van der Waals surface area contributed by atoms with Crippen molar-refractivity contribution >= 4 is 0 Å². The number of methoxy groups -OCH3 is 1. The number of ether oxygens (including phenoxy) is 2. The third-order valence-electron chi connectivity index (χ3n) is 2.97. The van der Waals surface area contributed by atoms with Gasteiger partial charge in [0.05, 0.1) is 6.61 Å². The first-order chi connectivity index (χ1) is 9.83. The van der Waals surface area contributed by atoms with Crippen LogP contribution in [0.5, 0.6) is 11.5 Å². The van der Waals surface area contributed by atoms with Crippen LogP contribution in [0.1, 0.15) is 11.1 Å². The summed E-state index contributed by atoms with van der Waals surface area (Å²) in [6, 6.07) is 9.97. The molecule has 0 atom stereocenters. The zero-order chi connectivity index (χ0) is 14.2. The lowest BCUT2D eigenvalue weighted by atomic mass is 10.1. The molecule has 0 fully saturated rings. The molecule has 2 rings (SSSR count). The second-order valence-corrected chi connectivity index (χ2v) is 4.50. The van der Waals surface area contributed by atoms with E-state index in [2.05, 4.69) is 22.4 Å². The molecule has 2 aromatic rings. The molecule has 0 saturated heterocycles. The topological polar surface area (TPSA) is 43.4 Å². The molecule has 106 valence electrons. The zero-order valence-electron chi connectivity index (χ0n) is 11.9. The van der Waals surface area contributed by atoms with Crippen molar-refractivity contribution < 1.29 is 9.47 Å². The molecule has 1 N–H and O–H groups in total. The highest BCUT2D eigenvalue weighted by Crippen LogP contribution is 2.24. The normalized spacial score (nSPS) is 10.5. The minimum absolute atomic E-state index is 0.731. The molecule has 0 unspecified atom stereocenters. The zero-order valence-corrected chi connectivity index (χ0v) is 11.9. The van der Waals surface area contributed by atoms with Crippen molar-refractivity contribution in [1.29, 1.82) is 0 Å². The maximum atomic E-state index is 5.91. The molecule has 0 aliphatic carbocycles. The molecule has 20 heavy (non-hydrogen) atoms. The van der Waals surface area contributed by atoms with E-state index in [0.717, 1.165) is 36.6 Å². The first kappa shape index (κ1) is 14.5. The Balaban J connectivity index is 2.06. The number of nitrogens with zero attached hydrogens (tertiary/aromatic N) is 1. The number of benzene rings is 1. The molecule has 0 spiro atoms. The van der Waals surface area contributed by atoms with E-state index in [1.807, 2.05) is 31.4 Å². The van der Waals surface area contributed by atoms with Crippen molar-refractivity contribution in [3.8, 4) is 11.5 Å². The van der Waals surface area contributed by atoms with Gasteiger partial charge in [-0.3, -0.25) is 4.98 Å². The van der Waals surface area contributed by atoms with Gasteiger partial charge < -0.3 is 14.8 Å². The Kier molecular flexibility index (Phi) is 5.53. The van der Waals surface area contributed by atoms with E-state index < -0.39 is 0 Å². The molecule has 0 amide bonds. The van der Waals surface area contributed by atoms with Crippen LogP contribution >= 0.6 is 0 Å². The van der Waals surface area contributed by atoms with Crippen LogP contribution in [0.3, 0.4) is 0 Å². The van der Waals surface area contributed by atoms with Crippen LogP contribution in [0.15, 0.2) is 42.7 Å². The van der Waals surface area contributed by atoms with Gasteiger partial charge in [-0.25, -0.2) is 0 Å². The van der Waals surface area contributed by atoms with E-state index in [-0.39, 0.29) is 0 Å². The van der Waals surface area contributed by atoms with Crippen molar-refractivity contribution in [3.05, 3.63) is 53.9 Å². The molecule has 0 radical (unpaired) electrons. The summed E-state index contributed by atoms with van der Waals surface area (Å²) in [4.78, 5) is 4.12. The number of pyridine rings is 1. The Labute approximate surface area is 119 Å². The molecule has 4 heteroatoms. The standard InChI is InChI=1S/C16H20N2O2/c1-17-11-14-12-18-9-7-16(14)20-15-5-3-13(4-6-15)8-10-19-2/h3-7,9,12,17H,8,10-11H2,1-2H3. The highest BCUT2D eigenvalue weighted by atomic mass is 16.5. The van der Waals surface area contributed by atoms with Crippen LogP contribution in [0.25, 0.3) is 0 Å². The lowest BCUT2D eigenvalue weighted by Gasteiger charge is -2.10. The third-order valence-corrected chi connectivity index (χ3v) is 2.97. The minimum atomic E-state index is 0.731. The van der Waals surface area contributed by atoms with Gasteiger partial charge in [0, 0.05) is 31.6 Å². The Morgan fingerprint density at radius 3 is 2.65 bits per heavy atom. The molecule has 4 nitrogen and oxygen atoms in total. The number of aromatic nitrogens is 1. The Morgan fingerprint density at radius 2 is 1.95 bits per heavy atom. The van der Waals surface area contributed by atoms with Gasteiger partial charge in [0.25, 0.3) is 0 Å². The summed E-state index contributed by atoms with van der Waals surface area (Å²) < 4.78 is 11.0. The largest absolute Gasteiger partial charge is 0.457 e. The molecule has 0 saturated carbocycles. The average Bonchev–Trinajstić information content (AvgIpc) is 2.49. The van der Waals surface area contributed by atoms with Crippen molar-refractivity contribution in [2.75, 3.05) is 20.8 Å². The summed E-state index contributed by atoms with van der Waals surface area (Å²) in [6.07, 6.45) is 4.47. The lowest BCUT2D eigenvalue weighted by molar-refractivity contribution is 0.202. The fourth-order valence-corrected chi connectivity index (χ4v) is 1.91. The fraction of sp³-hybridized carbons (Fsp3) is 0.312. The Morgan fingerprint density at radius 1 is 1.15 bits per heavy atom. The summed E-state index contributed by atoms with van der Waals surface area (Å²) in [5.41, 5.74) is 2.28. The summed E-state index contributed by atoms with van der Waals surface area (Å²) in [5.74, 6) is 1.66. The predicted molar refractivity (Wildman–Crippen MR) is 79.1 cm³/mol. The molecule has 0 aliphatic rings. The highest BCUT2D eigenvalue weighted by Gasteiger charge is 2.04. The van der Waals surface area contributed by atoms with Gasteiger partial charge in [-0.1, -0.05) is 12.1 Å². The van der Waals surface area contributed by atoms with Gasteiger partial charge in [0.2, 0.25) is 0 Å². The van der Waals surface area contributed by atoms with E-state index >= 15 is 0 Å². The summed E-state index contributed by atoms with van der Waals surface area (Å²) in [6.45, 7) is 1.46. The lowest BCUT2D eigenvalue weighted by Crippen LogP contribution is -2.06. The SMILES string of the molecule is CNCc1cnccc1Oc1ccc(CCOC)cc1. The first-order valence-corrected chi connectivity index (χ1v) is 6.66. The molecular formula is C16H20N2O2. The van der Waals surface area contributed by atoms with Crippen LogP contribution in [-0.2, 0) is 17.7 Å². The summed E-state index contributed by atoms with van der Waals surface area (Å²) in [7, 11) is 3.62. The van der Waals surface area contributed by atoms with Crippen molar-refractivity contribution in [1.82, 2.24) is 10.3 Å².